The number of carbonyl (C=O) groups is 1. The zero-order valence-corrected chi connectivity index (χ0v) is 20.4. The molecule has 0 aliphatic carbocycles. The van der Waals surface area contributed by atoms with Gasteiger partial charge in [-0.15, -0.1) is 0 Å². The third-order valence-electron chi connectivity index (χ3n) is 6.55. The first-order valence-electron chi connectivity index (χ1n) is 12.4. The summed E-state index contributed by atoms with van der Waals surface area (Å²) in [6, 6.07) is 34.2. The zero-order valence-electron chi connectivity index (χ0n) is 20.4. The Morgan fingerprint density at radius 1 is 0.861 bits per heavy atom. The van der Waals surface area contributed by atoms with Gasteiger partial charge >= 0.3 is 0 Å². The Bertz CT molecular complexity index is 1440. The fourth-order valence-electron chi connectivity index (χ4n) is 4.70. The van der Waals surface area contributed by atoms with Crippen LogP contribution in [-0.4, -0.2) is 10.9 Å². The molecule has 2 N–H and O–H groups in total. The Hall–Kier alpha value is -4.31. The highest BCUT2D eigenvalue weighted by atomic mass is 16.5. The number of carbonyl (C=O) groups excluding carboxylic acids is 1. The number of H-pyrrole nitrogens is 1. The molecule has 0 aliphatic heterocycles. The number of para-hydroxylation sites is 2. The molecule has 36 heavy (non-hydrogen) atoms. The van der Waals surface area contributed by atoms with E-state index >= 15 is 0 Å². The first kappa shape index (κ1) is 23.4. The van der Waals surface area contributed by atoms with E-state index in [1.165, 1.54) is 5.56 Å². The Labute approximate surface area is 212 Å². The van der Waals surface area contributed by atoms with E-state index in [4.69, 9.17) is 4.74 Å². The summed E-state index contributed by atoms with van der Waals surface area (Å²) in [5.41, 5.74) is 5.65. The highest BCUT2D eigenvalue weighted by molar-refractivity contribution is 5.88. The maximum absolute atomic E-state index is 13.2. The molecule has 180 valence electrons. The maximum atomic E-state index is 13.2. The van der Waals surface area contributed by atoms with E-state index in [0.29, 0.717) is 13.0 Å². The molecule has 0 bridgehead atoms. The van der Waals surface area contributed by atoms with Crippen molar-refractivity contribution in [3.8, 4) is 11.5 Å². The summed E-state index contributed by atoms with van der Waals surface area (Å²) in [5.74, 6) is 1.43. The minimum atomic E-state index is -0.124. The van der Waals surface area contributed by atoms with Gasteiger partial charge in [0.25, 0.3) is 0 Å². The number of hydrogen-bond donors (Lipinski definition) is 2. The number of ether oxygens (including phenoxy) is 1. The minimum Gasteiger partial charge on any atom is -0.457 e. The van der Waals surface area contributed by atoms with Crippen molar-refractivity contribution in [1.82, 2.24) is 10.3 Å². The third kappa shape index (κ3) is 5.33. The molecule has 0 radical (unpaired) electrons. The van der Waals surface area contributed by atoms with E-state index in [0.717, 1.165) is 45.5 Å². The average molecular weight is 475 g/mol. The zero-order chi connectivity index (χ0) is 24.7. The molecule has 4 heteroatoms. The molecule has 1 aromatic heterocycles. The Balaban J connectivity index is 1.47. The van der Waals surface area contributed by atoms with E-state index in [-0.39, 0.29) is 11.8 Å². The predicted molar refractivity (Wildman–Crippen MR) is 145 cm³/mol. The lowest BCUT2D eigenvalue weighted by atomic mass is 9.87. The average Bonchev–Trinajstić information content (AvgIpc) is 3.36. The monoisotopic (exact) mass is 474 g/mol. The number of hydrogen-bond acceptors (Lipinski definition) is 2. The maximum Gasteiger partial charge on any atom is 0.221 e. The lowest BCUT2D eigenvalue weighted by Gasteiger charge is -2.18. The van der Waals surface area contributed by atoms with Crippen LogP contribution in [0.3, 0.4) is 0 Å². The van der Waals surface area contributed by atoms with Crippen LogP contribution in [0.2, 0.25) is 0 Å². The number of aryl methyl sites for hydroxylation is 1. The number of nitrogens with one attached hydrogen (secondary N) is 2. The molecule has 0 unspecified atom stereocenters. The lowest BCUT2D eigenvalue weighted by Crippen LogP contribution is -2.25. The molecular formula is C32H30N2O2. The molecule has 1 heterocycles. The van der Waals surface area contributed by atoms with Gasteiger partial charge in [0.15, 0.2) is 0 Å². The lowest BCUT2D eigenvalue weighted by molar-refractivity contribution is -0.121. The van der Waals surface area contributed by atoms with Crippen LogP contribution in [0.4, 0.5) is 0 Å². The molecule has 1 amide bonds. The molecule has 4 nitrogen and oxygen atoms in total. The van der Waals surface area contributed by atoms with Crippen LogP contribution in [0.5, 0.6) is 11.5 Å². The van der Waals surface area contributed by atoms with E-state index in [2.05, 4.69) is 47.7 Å². The highest BCUT2D eigenvalue weighted by Crippen LogP contribution is 2.36. The molecule has 0 fully saturated rings. The second-order valence-corrected chi connectivity index (χ2v) is 8.94. The summed E-state index contributed by atoms with van der Waals surface area (Å²) in [4.78, 5) is 16.7. The quantitative estimate of drug-likeness (QED) is 0.234. The van der Waals surface area contributed by atoms with Crippen LogP contribution >= 0.6 is 0 Å². The van der Waals surface area contributed by atoms with Crippen LogP contribution in [0.25, 0.3) is 10.9 Å². The largest absolute Gasteiger partial charge is 0.457 e. The van der Waals surface area contributed by atoms with Gasteiger partial charge in [-0.3, -0.25) is 4.79 Å². The highest BCUT2D eigenvalue weighted by Gasteiger charge is 2.22. The van der Waals surface area contributed by atoms with Gasteiger partial charge in [-0.25, -0.2) is 0 Å². The summed E-state index contributed by atoms with van der Waals surface area (Å²) < 4.78 is 6.11. The molecule has 0 saturated heterocycles. The van der Waals surface area contributed by atoms with Gasteiger partial charge in [-0.05, 0) is 52.9 Å². The van der Waals surface area contributed by atoms with Gasteiger partial charge < -0.3 is 15.0 Å². The normalized spacial score (nSPS) is 11.8. The van der Waals surface area contributed by atoms with Gasteiger partial charge in [0, 0.05) is 36.0 Å². The molecule has 1 atom stereocenters. The molecule has 0 spiro atoms. The van der Waals surface area contributed by atoms with Crippen molar-refractivity contribution in [2.24, 2.45) is 0 Å². The standard InChI is InChI=1S/C32H30N2O2/c1-2-24-13-10-18-28-30(22-34-32(24)28)29(20-31(35)33-21-23-11-5-3-6-12-23)25-14-9-17-27(19-25)36-26-15-7-4-8-16-26/h3-19,22,29,34H,2,20-21H2,1H3,(H,33,35)/t29-/m1/s1. The SMILES string of the molecule is CCc1cccc2c([C@H](CC(=O)NCc3ccccc3)c3cccc(Oc4ccccc4)c3)c[nH]c12. The van der Waals surface area contributed by atoms with Crippen molar-refractivity contribution in [1.29, 1.82) is 0 Å². The third-order valence-corrected chi connectivity index (χ3v) is 6.55. The number of amides is 1. The summed E-state index contributed by atoms with van der Waals surface area (Å²) >= 11 is 0. The van der Waals surface area contributed by atoms with Gasteiger partial charge in [-0.2, -0.15) is 0 Å². The number of fused-ring (bicyclic) bond motifs is 1. The fraction of sp³-hybridized carbons (Fsp3) is 0.156. The molecule has 5 aromatic rings. The van der Waals surface area contributed by atoms with E-state index < -0.39 is 0 Å². The number of aromatic nitrogens is 1. The van der Waals surface area contributed by atoms with Crippen molar-refractivity contribution in [3.63, 3.8) is 0 Å². The Morgan fingerprint density at radius 3 is 2.36 bits per heavy atom. The van der Waals surface area contributed by atoms with E-state index in [1.54, 1.807) is 0 Å². The second kappa shape index (κ2) is 11.0. The second-order valence-electron chi connectivity index (χ2n) is 8.94. The number of aromatic amines is 1. The fourth-order valence-corrected chi connectivity index (χ4v) is 4.70. The first-order chi connectivity index (χ1) is 17.7. The van der Waals surface area contributed by atoms with Gasteiger partial charge in [-0.1, -0.05) is 85.8 Å². The number of benzene rings is 4. The Kier molecular flexibility index (Phi) is 7.13. The number of rotatable bonds is 9. The van der Waals surface area contributed by atoms with Crippen LogP contribution in [0, 0.1) is 0 Å². The van der Waals surface area contributed by atoms with Crippen LogP contribution in [0.1, 0.15) is 41.5 Å². The van der Waals surface area contributed by atoms with Crippen LogP contribution in [0.15, 0.2) is 109 Å². The molecule has 4 aromatic carbocycles. The van der Waals surface area contributed by atoms with Gasteiger partial charge in [0.1, 0.15) is 11.5 Å². The van der Waals surface area contributed by atoms with E-state index in [1.807, 2.05) is 78.9 Å². The van der Waals surface area contributed by atoms with Gasteiger partial charge in [0.05, 0.1) is 0 Å². The van der Waals surface area contributed by atoms with Crippen molar-refractivity contribution < 1.29 is 9.53 Å². The molecular weight excluding hydrogens is 444 g/mol. The topological polar surface area (TPSA) is 54.1 Å². The molecule has 5 rings (SSSR count). The summed E-state index contributed by atoms with van der Waals surface area (Å²) in [7, 11) is 0. The predicted octanol–water partition coefficient (Wildman–Crippen LogP) is 7.36. The Morgan fingerprint density at radius 2 is 1.58 bits per heavy atom. The van der Waals surface area contributed by atoms with Crippen molar-refractivity contribution in [3.05, 3.63) is 132 Å². The van der Waals surface area contributed by atoms with Gasteiger partial charge in [0.2, 0.25) is 5.91 Å². The first-order valence-corrected chi connectivity index (χ1v) is 12.4. The minimum absolute atomic E-state index is 0.0132. The van der Waals surface area contributed by atoms with Crippen molar-refractivity contribution >= 4 is 16.8 Å². The molecule has 0 saturated carbocycles. The summed E-state index contributed by atoms with van der Waals surface area (Å²) in [6.07, 6.45) is 3.34. The van der Waals surface area contributed by atoms with Crippen LogP contribution < -0.4 is 10.1 Å². The summed E-state index contributed by atoms with van der Waals surface area (Å²) in [6.45, 7) is 2.67. The summed E-state index contributed by atoms with van der Waals surface area (Å²) in [5, 5.41) is 4.26. The van der Waals surface area contributed by atoms with E-state index in [9.17, 15) is 4.79 Å². The van der Waals surface area contributed by atoms with Crippen molar-refractivity contribution in [2.45, 2.75) is 32.2 Å². The molecule has 0 aliphatic rings. The smallest absolute Gasteiger partial charge is 0.221 e. The van der Waals surface area contributed by atoms with Crippen molar-refractivity contribution in [2.75, 3.05) is 0 Å². The van der Waals surface area contributed by atoms with Crippen LogP contribution in [-0.2, 0) is 17.8 Å².